The third-order valence-corrected chi connectivity index (χ3v) is 4.69. The van der Waals surface area contributed by atoms with Gasteiger partial charge in [-0.25, -0.2) is 0 Å². The van der Waals surface area contributed by atoms with Crippen LogP contribution >= 0.6 is 15.9 Å². The molecule has 1 amide bonds. The molecule has 1 saturated carbocycles. The molecule has 2 aromatic rings. The van der Waals surface area contributed by atoms with Crippen molar-refractivity contribution in [2.45, 2.75) is 44.7 Å². The highest BCUT2D eigenvalue weighted by atomic mass is 79.9. The average molecular weight is 363 g/mol. The lowest BCUT2D eigenvalue weighted by molar-refractivity contribution is -0.121. The minimum atomic E-state index is 0.127. The molecule has 22 heavy (non-hydrogen) atoms. The third-order valence-electron chi connectivity index (χ3n) is 4.16. The summed E-state index contributed by atoms with van der Waals surface area (Å²) in [6.45, 7) is 1.88. The Labute approximate surface area is 138 Å². The molecule has 0 unspecified atom stereocenters. The van der Waals surface area contributed by atoms with Crippen LogP contribution in [0, 0.1) is 0 Å². The number of aromatic nitrogens is 3. The summed E-state index contributed by atoms with van der Waals surface area (Å²) in [6.07, 6.45) is 5.32. The lowest BCUT2D eigenvalue weighted by atomic mass is 10.2. The maximum atomic E-state index is 11.5. The van der Waals surface area contributed by atoms with Gasteiger partial charge in [-0.2, -0.15) is 0 Å². The average Bonchev–Trinajstić information content (AvgIpc) is 3.16. The van der Waals surface area contributed by atoms with Crippen LogP contribution in [-0.4, -0.2) is 26.7 Å². The van der Waals surface area contributed by atoms with Gasteiger partial charge in [-0.15, -0.1) is 10.2 Å². The molecule has 1 aromatic carbocycles. The summed E-state index contributed by atoms with van der Waals surface area (Å²) in [5.74, 6) is 1.02. The summed E-state index contributed by atoms with van der Waals surface area (Å²) in [5.41, 5.74) is 1.06. The molecule has 0 aliphatic heterocycles. The highest BCUT2D eigenvalue weighted by Gasteiger charge is 2.28. The molecule has 2 atom stereocenters. The summed E-state index contributed by atoms with van der Waals surface area (Å²) in [6, 6.07) is 8.69. The lowest BCUT2D eigenvalue weighted by Crippen LogP contribution is -2.32. The minimum Gasteiger partial charge on any atom is -0.353 e. The Bertz CT molecular complexity index is 652. The molecule has 6 heteroatoms. The molecule has 1 N–H and O–H groups in total. The summed E-state index contributed by atoms with van der Waals surface area (Å²) in [7, 11) is 0. The van der Waals surface area contributed by atoms with Crippen LogP contribution in [0.15, 0.2) is 35.1 Å². The van der Waals surface area contributed by atoms with Crippen LogP contribution < -0.4 is 5.32 Å². The molecule has 1 aromatic heterocycles. The molecule has 0 radical (unpaired) electrons. The molecule has 0 spiro atoms. The topological polar surface area (TPSA) is 59.8 Å². The second kappa shape index (κ2) is 6.60. The quantitative estimate of drug-likeness (QED) is 0.907. The molecule has 1 fully saturated rings. The second-order valence-electron chi connectivity index (χ2n) is 5.65. The van der Waals surface area contributed by atoms with Crippen LogP contribution in [0.3, 0.4) is 0 Å². The van der Waals surface area contributed by atoms with Crippen molar-refractivity contribution < 1.29 is 4.79 Å². The maximum absolute atomic E-state index is 11.5. The van der Waals surface area contributed by atoms with Gasteiger partial charge in [0.15, 0.2) is 5.82 Å². The van der Waals surface area contributed by atoms with Crippen LogP contribution in [-0.2, 0) is 4.79 Å². The van der Waals surface area contributed by atoms with Crippen molar-refractivity contribution >= 4 is 21.8 Å². The first-order valence-electron chi connectivity index (χ1n) is 7.62. The molecule has 1 aliphatic rings. The number of benzene rings is 1. The normalized spacial score (nSPS) is 21.0. The van der Waals surface area contributed by atoms with Gasteiger partial charge in [-0.05, 0) is 31.4 Å². The van der Waals surface area contributed by atoms with Crippen molar-refractivity contribution in [3.05, 3.63) is 35.1 Å². The predicted octanol–water partition coefficient (Wildman–Crippen LogP) is 3.33. The van der Waals surface area contributed by atoms with Crippen LogP contribution in [0.2, 0.25) is 0 Å². The van der Waals surface area contributed by atoms with Crippen LogP contribution in [0.1, 0.15) is 38.6 Å². The van der Waals surface area contributed by atoms with E-state index >= 15 is 0 Å². The van der Waals surface area contributed by atoms with Crippen molar-refractivity contribution in [2.75, 3.05) is 0 Å². The standard InChI is InChI=1S/C16H19BrN4O/c1-2-15(22)19-13-7-8-14(9-13)21-10-18-20-16(21)11-3-5-12(17)6-4-11/h3-6,10,13-14H,2,7-9H2,1H3,(H,19,22)/t13-,14+/m0/s1. The van der Waals surface area contributed by atoms with E-state index in [1.165, 1.54) is 0 Å². The first-order valence-corrected chi connectivity index (χ1v) is 8.41. The van der Waals surface area contributed by atoms with E-state index in [2.05, 4.69) is 36.0 Å². The summed E-state index contributed by atoms with van der Waals surface area (Å²) in [5, 5.41) is 11.4. The number of amides is 1. The molecule has 0 bridgehead atoms. The smallest absolute Gasteiger partial charge is 0.219 e. The largest absolute Gasteiger partial charge is 0.353 e. The zero-order chi connectivity index (χ0) is 15.5. The van der Waals surface area contributed by atoms with Crippen molar-refractivity contribution in [1.29, 1.82) is 0 Å². The zero-order valence-electron chi connectivity index (χ0n) is 12.5. The number of hydrogen-bond donors (Lipinski definition) is 1. The van der Waals surface area contributed by atoms with E-state index in [0.717, 1.165) is 35.1 Å². The van der Waals surface area contributed by atoms with Gasteiger partial charge in [0.05, 0.1) is 0 Å². The molecule has 3 rings (SSSR count). The second-order valence-corrected chi connectivity index (χ2v) is 6.57. The van der Waals surface area contributed by atoms with E-state index in [0.29, 0.717) is 12.5 Å². The number of nitrogens with one attached hydrogen (secondary N) is 1. The summed E-state index contributed by atoms with van der Waals surface area (Å²) < 4.78 is 3.19. The monoisotopic (exact) mass is 362 g/mol. The van der Waals surface area contributed by atoms with Crippen LogP contribution in [0.4, 0.5) is 0 Å². The first-order chi connectivity index (χ1) is 10.7. The number of rotatable bonds is 4. The highest BCUT2D eigenvalue weighted by molar-refractivity contribution is 9.10. The molecule has 1 heterocycles. The minimum absolute atomic E-state index is 0.127. The number of halogens is 1. The molecule has 0 saturated heterocycles. The van der Waals surface area contributed by atoms with Gasteiger partial charge in [0.1, 0.15) is 6.33 Å². The first kappa shape index (κ1) is 15.2. The van der Waals surface area contributed by atoms with Crippen molar-refractivity contribution in [3.63, 3.8) is 0 Å². The van der Waals surface area contributed by atoms with Gasteiger partial charge >= 0.3 is 0 Å². The Hall–Kier alpha value is -1.69. The maximum Gasteiger partial charge on any atom is 0.219 e. The Balaban J connectivity index is 1.75. The zero-order valence-corrected chi connectivity index (χ0v) is 14.1. The number of hydrogen-bond acceptors (Lipinski definition) is 3. The summed E-state index contributed by atoms with van der Waals surface area (Å²) >= 11 is 3.45. The van der Waals surface area contributed by atoms with E-state index in [1.807, 2.05) is 31.2 Å². The molecule has 1 aliphatic carbocycles. The number of carbonyl (C=O) groups is 1. The van der Waals surface area contributed by atoms with Crippen LogP contribution in [0.5, 0.6) is 0 Å². The van der Waals surface area contributed by atoms with E-state index < -0.39 is 0 Å². The Morgan fingerprint density at radius 3 is 2.86 bits per heavy atom. The number of nitrogens with zero attached hydrogens (tertiary/aromatic N) is 3. The Kier molecular flexibility index (Phi) is 4.57. The third kappa shape index (κ3) is 3.21. The SMILES string of the molecule is CCC(=O)N[C@H]1CC[C@@H](n2cnnc2-c2ccc(Br)cc2)C1. The fraction of sp³-hybridized carbons (Fsp3) is 0.438. The molecular formula is C16H19BrN4O. The Morgan fingerprint density at radius 2 is 2.14 bits per heavy atom. The molecule has 5 nitrogen and oxygen atoms in total. The number of carbonyl (C=O) groups excluding carboxylic acids is 1. The van der Waals surface area contributed by atoms with Crippen molar-refractivity contribution in [3.8, 4) is 11.4 Å². The van der Waals surface area contributed by atoms with Gasteiger partial charge in [0, 0.05) is 28.5 Å². The van der Waals surface area contributed by atoms with Crippen LogP contribution in [0.25, 0.3) is 11.4 Å². The summed E-state index contributed by atoms with van der Waals surface area (Å²) in [4.78, 5) is 11.5. The highest BCUT2D eigenvalue weighted by Crippen LogP contribution is 2.33. The molecule has 116 valence electrons. The lowest BCUT2D eigenvalue weighted by Gasteiger charge is -2.15. The fourth-order valence-electron chi connectivity index (χ4n) is 2.99. The van der Waals surface area contributed by atoms with E-state index in [9.17, 15) is 4.79 Å². The van der Waals surface area contributed by atoms with Gasteiger partial charge in [0.25, 0.3) is 0 Å². The predicted molar refractivity (Wildman–Crippen MR) is 88.3 cm³/mol. The van der Waals surface area contributed by atoms with Crippen molar-refractivity contribution in [1.82, 2.24) is 20.1 Å². The Morgan fingerprint density at radius 1 is 1.36 bits per heavy atom. The van der Waals surface area contributed by atoms with Gasteiger partial charge in [-0.1, -0.05) is 35.0 Å². The molecular weight excluding hydrogens is 344 g/mol. The van der Waals surface area contributed by atoms with E-state index in [-0.39, 0.29) is 11.9 Å². The fourth-order valence-corrected chi connectivity index (χ4v) is 3.25. The van der Waals surface area contributed by atoms with Gasteiger partial charge < -0.3 is 9.88 Å². The van der Waals surface area contributed by atoms with Gasteiger partial charge in [0.2, 0.25) is 5.91 Å². The van der Waals surface area contributed by atoms with E-state index in [4.69, 9.17) is 0 Å². The van der Waals surface area contributed by atoms with E-state index in [1.54, 1.807) is 6.33 Å². The van der Waals surface area contributed by atoms with Crippen molar-refractivity contribution in [2.24, 2.45) is 0 Å². The van der Waals surface area contributed by atoms with Gasteiger partial charge in [-0.3, -0.25) is 4.79 Å².